The minimum Gasteiger partial charge on any atom is -0.339 e. The van der Waals surface area contributed by atoms with Crippen LogP contribution in [0.4, 0.5) is 5.69 Å². The first-order valence-electron chi connectivity index (χ1n) is 7.49. The van der Waals surface area contributed by atoms with Crippen LogP contribution in [-0.4, -0.2) is 31.6 Å². The predicted molar refractivity (Wildman–Crippen MR) is 94.4 cm³/mol. The van der Waals surface area contributed by atoms with Crippen molar-refractivity contribution in [3.8, 4) is 0 Å². The zero-order valence-corrected chi connectivity index (χ0v) is 14.1. The van der Waals surface area contributed by atoms with E-state index in [0.717, 1.165) is 17.4 Å². The monoisotopic (exact) mass is 343 g/mol. The lowest BCUT2D eigenvalue weighted by Crippen LogP contribution is -2.15. The highest BCUT2D eigenvalue weighted by molar-refractivity contribution is 7.99. The van der Waals surface area contributed by atoms with Gasteiger partial charge in [-0.05, 0) is 23.6 Å². The van der Waals surface area contributed by atoms with E-state index < -0.39 is 0 Å². The molecular formula is C16H17N5O2S. The average Bonchev–Trinajstić information content (AvgIpc) is 3.02. The fourth-order valence-electron chi connectivity index (χ4n) is 2.17. The second kappa shape index (κ2) is 6.88. The number of anilines is 1. The molecular weight excluding hydrogens is 326 g/mol. The second-order valence-corrected chi connectivity index (χ2v) is 6.55. The minimum absolute atomic E-state index is 0.144. The highest BCUT2D eigenvalue weighted by atomic mass is 32.2. The van der Waals surface area contributed by atoms with E-state index in [-0.39, 0.29) is 17.2 Å². The lowest BCUT2D eigenvalue weighted by Gasteiger charge is -2.08. The molecule has 2 heterocycles. The molecule has 1 aromatic carbocycles. The van der Waals surface area contributed by atoms with Gasteiger partial charge in [-0.2, -0.15) is 0 Å². The van der Waals surface area contributed by atoms with E-state index in [1.165, 1.54) is 11.9 Å². The van der Waals surface area contributed by atoms with Crippen LogP contribution in [0.5, 0.6) is 0 Å². The van der Waals surface area contributed by atoms with E-state index in [0.29, 0.717) is 22.2 Å². The minimum atomic E-state index is -0.301. The van der Waals surface area contributed by atoms with Crippen molar-refractivity contribution in [2.45, 2.75) is 24.9 Å². The summed E-state index contributed by atoms with van der Waals surface area (Å²) >= 11 is 1.16. The number of nitrogens with zero attached hydrogens (tertiary/aromatic N) is 2. The lowest BCUT2D eigenvalue weighted by atomic mass is 10.0. The molecule has 1 amide bonds. The number of benzene rings is 1. The normalized spacial score (nSPS) is 11.1. The number of hydrogen-bond donors (Lipinski definition) is 3. The number of imidazole rings is 1. The van der Waals surface area contributed by atoms with E-state index in [4.69, 9.17) is 0 Å². The average molecular weight is 343 g/mol. The zero-order chi connectivity index (χ0) is 17.1. The molecule has 3 N–H and O–H groups in total. The van der Waals surface area contributed by atoms with E-state index in [1.807, 2.05) is 24.3 Å². The van der Waals surface area contributed by atoms with Crippen molar-refractivity contribution in [1.82, 2.24) is 19.9 Å². The third-order valence-electron chi connectivity index (χ3n) is 3.48. The topological polar surface area (TPSA) is 104 Å². The Morgan fingerprint density at radius 2 is 2.04 bits per heavy atom. The molecule has 0 saturated carbocycles. The smallest absolute Gasteiger partial charge is 0.277 e. The Balaban J connectivity index is 1.61. The molecule has 0 aliphatic heterocycles. The SMILES string of the molecule is CC(C)c1ccc(NC(=O)CSc2nc3nc[nH]c3c(=O)[nH]2)cc1. The fourth-order valence-corrected chi connectivity index (χ4v) is 2.83. The van der Waals surface area contributed by atoms with Crippen LogP contribution in [0.3, 0.4) is 0 Å². The standard InChI is InChI=1S/C16H17N5O2S/c1-9(2)10-3-5-11(6-4-10)19-12(22)7-24-16-20-14-13(15(23)21-16)17-8-18-14/h3-6,8-9H,7H2,1-2H3,(H,19,22)(H2,17,18,20,21,23). The molecule has 0 fully saturated rings. The number of H-pyrrole nitrogens is 2. The number of fused-ring (bicyclic) bond motifs is 1. The molecule has 124 valence electrons. The maximum Gasteiger partial charge on any atom is 0.277 e. The molecule has 7 nitrogen and oxygen atoms in total. The summed E-state index contributed by atoms with van der Waals surface area (Å²) in [6, 6.07) is 7.76. The van der Waals surface area contributed by atoms with Crippen molar-refractivity contribution in [3.63, 3.8) is 0 Å². The van der Waals surface area contributed by atoms with Gasteiger partial charge in [0.1, 0.15) is 0 Å². The summed E-state index contributed by atoms with van der Waals surface area (Å²) in [5, 5.41) is 3.19. The maximum atomic E-state index is 12.0. The number of nitrogens with one attached hydrogen (secondary N) is 3. The molecule has 0 aliphatic carbocycles. The lowest BCUT2D eigenvalue weighted by molar-refractivity contribution is -0.113. The number of aromatic nitrogens is 4. The molecule has 0 spiro atoms. The van der Waals surface area contributed by atoms with Crippen LogP contribution in [0.2, 0.25) is 0 Å². The Morgan fingerprint density at radius 1 is 1.29 bits per heavy atom. The van der Waals surface area contributed by atoms with Crippen LogP contribution in [0.25, 0.3) is 11.2 Å². The summed E-state index contributed by atoms with van der Waals surface area (Å²) in [5.74, 6) is 0.428. The largest absolute Gasteiger partial charge is 0.339 e. The van der Waals surface area contributed by atoms with Crippen LogP contribution in [-0.2, 0) is 4.79 Å². The second-order valence-electron chi connectivity index (χ2n) is 5.59. The number of carbonyl (C=O) groups is 1. The summed E-state index contributed by atoms with van der Waals surface area (Å²) in [5.41, 5.74) is 2.33. The van der Waals surface area contributed by atoms with Crippen LogP contribution >= 0.6 is 11.8 Å². The summed E-state index contributed by atoms with van der Waals surface area (Å²) in [7, 11) is 0. The van der Waals surface area contributed by atoms with Gasteiger partial charge >= 0.3 is 0 Å². The van der Waals surface area contributed by atoms with Crippen LogP contribution in [0.1, 0.15) is 25.3 Å². The van der Waals surface area contributed by atoms with Crippen molar-refractivity contribution >= 4 is 34.5 Å². The Hall–Kier alpha value is -2.61. The molecule has 0 radical (unpaired) electrons. The van der Waals surface area contributed by atoms with Crippen molar-refractivity contribution in [3.05, 3.63) is 46.5 Å². The van der Waals surface area contributed by atoms with E-state index in [9.17, 15) is 9.59 Å². The number of hydrogen-bond acceptors (Lipinski definition) is 5. The highest BCUT2D eigenvalue weighted by Gasteiger charge is 2.09. The number of carbonyl (C=O) groups excluding carboxylic acids is 1. The summed E-state index contributed by atoms with van der Waals surface area (Å²) < 4.78 is 0. The molecule has 2 aromatic heterocycles. The molecule has 3 rings (SSSR count). The zero-order valence-electron chi connectivity index (χ0n) is 13.3. The Bertz CT molecular complexity index is 914. The first-order chi connectivity index (χ1) is 11.5. The number of aromatic amines is 2. The Labute approximate surface area is 142 Å². The molecule has 0 atom stereocenters. The Morgan fingerprint density at radius 3 is 2.75 bits per heavy atom. The van der Waals surface area contributed by atoms with Crippen molar-refractivity contribution in [2.24, 2.45) is 0 Å². The van der Waals surface area contributed by atoms with E-state index >= 15 is 0 Å². The third kappa shape index (κ3) is 3.65. The molecule has 8 heteroatoms. The summed E-state index contributed by atoms with van der Waals surface area (Å²) in [6.45, 7) is 4.24. The number of rotatable bonds is 5. The highest BCUT2D eigenvalue weighted by Crippen LogP contribution is 2.18. The fraction of sp³-hybridized carbons (Fsp3) is 0.250. The molecule has 0 aliphatic rings. The first-order valence-corrected chi connectivity index (χ1v) is 8.47. The van der Waals surface area contributed by atoms with Crippen LogP contribution in [0.15, 0.2) is 40.5 Å². The van der Waals surface area contributed by atoms with Gasteiger partial charge in [-0.1, -0.05) is 37.7 Å². The molecule has 0 unspecified atom stereocenters. The van der Waals surface area contributed by atoms with Gasteiger partial charge in [0.2, 0.25) is 5.91 Å². The van der Waals surface area contributed by atoms with Gasteiger partial charge in [0.25, 0.3) is 5.56 Å². The van der Waals surface area contributed by atoms with Gasteiger partial charge in [0.15, 0.2) is 16.3 Å². The van der Waals surface area contributed by atoms with Crippen LogP contribution < -0.4 is 10.9 Å². The number of thioether (sulfide) groups is 1. The third-order valence-corrected chi connectivity index (χ3v) is 4.35. The molecule has 3 aromatic rings. The van der Waals surface area contributed by atoms with E-state index in [2.05, 4.69) is 39.1 Å². The molecule has 0 bridgehead atoms. The van der Waals surface area contributed by atoms with Crippen LogP contribution in [0, 0.1) is 0 Å². The van der Waals surface area contributed by atoms with Crippen molar-refractivity contribution < 1.29 is 4.79 Å². The van der Waals surface area contributed by atoms with Gasteiger partial charge in [-0.3, -0.25) is 14.6 Å². The van der Waals surface area contributed by atoms with Gasteiger partial charge < -0.3 is 10.3 Å². The van der Waals surface area contributed by atoms with Crippen molar-refractivity contribution in [2.75, 3.05) is 11.1 Å². The van der Waals surface area contributed by atoms with E-state index in [1.54, 1.807) is 0 Å². The maximum absolute atomic E-state index is 12.0. The Kier molecular flexibility index (Phi) is 4.66. The first kappa shape index (κ1) is 16.3. The number of amides is 1. The van der Waals surface area contributed by atoms with Gasteiger partial charge in [-0.15, -0.1) is 0 Å². The molecule has 0 saturated heterocycles. The van der Waals surface area contributed by atoms with Gasteiger partial charge in [0, 0.05) is 5.69 Å². The quantitative estimate of drug-likeness (QED) is 0.488. The van der Waals surface area contributed by atoms with Gasteiger partial charge in [0.05, 0.1) is 12.1 Å². The molecule has 24 heavy (non-hydrogen) atoms. The van der Waals surface area contributed by atoms with Crippen molar-refractivity contribution in [1.29, 1.82) is 0 Å². The summed E-state index contributed by atoms with van der Waals surface area (Å²) in [4.78, 5) is 37.3. The summed E-state index contributed by atoms with van der Waals surface area (Å²) in [6.07, 6.45) is 1.41. The van der Waals surface area contributed by atoms with Gasteiger partial charge in [-0.25, -0.2) is 9.97 Å². The predicted octanol–water partition coefficient (Wildman–Crippen LogP) is 2.50.